The Bertz CT molecular complexity index is 618. The Morgan fingerprint density at radius 1 is 1.46 bits per heavy atom. The van der Waals surface area contributed by atoms with Gasteiger partial charge in [-0.25, -0.2) is 0 Å². The lowest BCUT2D eigenvalue weighted by molar-refractivity contribution is -0.114. The highest BCUT2D eigenvalue weighted by atomic mass is 127. The van der Waals surface area contributed by atoms with Crippen LogP contribution in [0.3, 0.4) is 0 Å². The first-order chi connectivity index (χ1) is 12.0. The van der Waals surface area contributed by atoms with Crippen molar-refractivity contribution in [3.05, 3.63) is 23.8 Å². The van der Waals surface area contributed by atoms with Crippen LogP contribution >= 0.6 is 24.0 Å². The fraction of sp³-hybridized carbons (Fsp3) is 0.556. The highest BCUT2D eigenvalue weighted by Gasteiger charge is 2.19. The summed E-state index contributed by atoms with van der Waals surface area (Å²) in [6.45, 7) is 4.67. The van der Waals surface area contributed by atoms with E-state index < -0.39 is 0 Å². The molecule has 1 unspecified atom stereocenters. The molecule has 0 radical (unpaired) electrons. The van der Waals surface area contributed by atoms with Gasteiger partial charge < -0.3 is 25.0 Å². The first-order valence-corrected chi connectivity index (χ1v) is 8.47. The molecule has 1 heterocycles. The lowest BCUT2D eigenvalue weighted by atomic mass is 10.1. The summed E-state index contributed by atoms with van der Waals surface area (Å²) >= 11 is 0. The lowest BCUT2D eigenvalue weighted by Crippen LogP contribution is -2.41. The number of rotatable bonds is 6. The zero-order valence-electron chi connectivity index (χ0n) is 15.9. The second-order valence-corrected chi connectivity index (χ2v) is 6.23. The van der Waals surface area contributed by atoms with Gasteiger partial charge >= 0.3 is 0 Å². The Morgan fingerprint density at radius 2 is 2.23 bits per heavy atom. The maximum atomic E-state index is 11.3. The molecule has 1 fully saturated rings. The van der Waals surface area contributed by atoms with Gasteiger partial charge in [-0.05, 0) is 24.1 Å². The highest BCUT2D eigenvalue weighted by molar-refractivity contribution is 14.0. The lowest BCUT2D eigenvalue weighted by Gasteiger charge is -2.24. The predicted octanol–water partition coefficient (Wildman–Crippen LogP) is 2.32. The topological polar surface area (TPSA) is 75.2 Å². The number of methoxy groups -OCH3 is 1. The van der Waals surface area contributed by atoms with Crippen molar-refractivity contribution in [3.63, 3.8) is 0 Å². The number of nitrogens with zero attached hydrogens (tertiary/aromatic N) is 2. The van der Waals surface area contributed by atoms with Crippen molar-refractivity contribution < 1.29 is 14.3 Å². The van der Waals surface area contributed by atoms with E-state index in [2.05, 4.69) is 20.5 Å². The van der Waals surface area contributed by atoms with Crippen molar-refractivity contribution in [2.24, 2.45) is 10.9 Å². The van der Waals surface area contributed by atoms with Crippen LogP contribution in [0, 0.1) is 5.92 Å². The number of ether oxygens (including phenoxy) is 2. The third-order valence-electron chi connectivity index (χ3n) is 4.15. The number of aliphatic imine (C=N–C) groups is 1. The van der Waals surface area contributed by atoms with Crippen LogP contribution in [0.4, 0.5) is 5.69 Å². The van der Waals surface area contributed by atoms with E-state index in [1.165, 1.54) is 6.92 Å². The van der Waals surface area contributed by atoms with Crippen LogP contribution in [0.25, 0.3) is 0 Å². The summed E-state index contributed by atoms with van der Waals surface area (Å²) in [7, 11) is 5.40. The van der Waals surface area contributed by atoms with Gasteiger partial charge in [-0.2, -0.15) is 0 Å². The molecular formula is C18H29IN4O3. The minimum atomic E-state index is -0.127. The minimum Gasteiger partial charge on any atom is -0.495 e. The summed E-state index contributed by atoms with van der Waals surface area (Å²) in [4.78, 5) is 17.8. The van der Waals surface area contributed by atoms with Gasteiger partial charge in [0.15, 0.2) is 5.96 Å². The third-order valence-corrected chi connectivity index (χ3v) is 4.15. The van der Waals surface area contributed by atoms with Gasteiger partial charge in [0.05, 0.1) is 19.4 Å². The molecule has 2 rings (SSSR count). The summed E-state index contributed by atoms with van der Waals surface area (Å²) < 4.78 is 10.7. The van der Waals surface area contributed by atoms with Crippen molar-refractivity contribution in [1.82, 2.24) is 10.2 Å². The molecule has 0 aliphatic carbocycles. The average Bonchev–Trinajstić information content (AvgIpc) is 3.08. The molecule has 1 aromatic rings. The number of benzene rings is 1. The first-order valence-electron chi connectivity index (χ1n) is 8.47. The molecule has 1 aromatic carbocycles. The van der Waals surface area contributed by atoms with E-state index in [1.807, 2.05) is 25.2 Å². The van der Waals surface area contributed by atoms with Gasteiger partial charge in [0, 0.05) is 46.6 Å². The smallest absolute Gasteiger partial charge is 0.221 e. The van der Waals surface area contributed by atoms with Crippen molar-refractivity contribution in [1.29, 1.82) is 0 Å². The fourth-order valence-corrected chi connectivity index (χ4v) is 2.92. The molecule has 0 spiro atoms. The van der Waals surface area contributed by atoms with Gasteiger partial charge in [-0.15, -0.1) is 24.0 Å². The quantitative estimate of drug-likeness (QED) is 0.375. The number of amides is 1. The standard InChI is InChI=1S/C18H28N4O3.HI/c1-13(23)21-16-9-14(5-6-17(16)24-4)10-20-18(19-2)22(3)11-15-7-8-25-12-15;/h5-6,9,15H,7-8,10-12H2,1-4H3,(H,19,20)(H,21,23);1H. The van der Waals surface area contributed by atoms with Crippen molar-refractivity contribution >= 4 is 41.5 Å². The van der Waals surface area contributed by atoms with E-state index in [4.69, 9.17) is 9.47 Å². The van der Waals surface area contributed by atoms with Crippen LogP contribution in [-0.2, 0) is 16.1 Å². The molecule has 8 heteroatoms. The third kappa shape index (κ3) is 6.64. The van der Waals surface area contributed by atoms with Crippen LogP contribution in [0.1, 0.15) is 18.9 Å². The second kappa shape index (κ2) is 11.2. The van der Waals surface area contributed by atoms with Gasteiger partial charge in [0.1, 0.15) is 5.75 Å². The number of hydrogen-bond acceptors (Lipinski definition) is 4. The zero-order valence-corrected chi connectivity index (χ0v) is 18.2. The largest absolute Gasteiger partial charge is 0.495 e. The van der Waals surface area contributed by atoms with Crippen LogP contribution in [0.5, 0.6) is 5.75 Å². The molecule has 1 amide bonds. The van der Waals surface area contributed by atoms with Crippen LogP contribution < -0.4 is 15.4 Å². The van der Waals surface area contributed by atoms with E-state index in [1.54, 1.807) is 14.2 Å². The number of halogens is 1. The molecule has 1 aliphatic rings. The SMILES string of the molecule is CN=C(NCc1ccc(OC)c(NC(C)=O)c1)N(C)CC1CCOC1.I. The molecule has 0 aromatic heterocycles. The van der Waals surface area contributed by atoms with Gasteiger partial charge in [-0.1, -0.05) is 6.07 Å². The number of guanidine groups is 1. The Kier molecular flexibility index (Phi) is 9.71. The summed E-state index contributed by atoms with van der Waals surface area (Å²) in [6.07, 6.45) is 1.10. The summed E-state index contributed by atoms with van der Waals surface area (Å²) in [5.74, 6) is 1.90. The van der Waals surface area contributed by atoms with E-state index in [9.17, 15) is 4.79 Å². The number of carbonyl (C=O) groups excluding carboxylic acids is 1. The Morgan fingerprint density at radius 3 is 2.81 bits per heavy atom. The van der Waals surface area contributed by atoms with E-state index in [0.717, 1.165) is 37.7 Å². The number of nitrogens with one attached hydrogen (secondary N) is 2. The molecular weight excluding hydrogens is 447 g/mol. The first kappa shape index (κ1) is 22.5. The Labute approximate surface area is 172 Å². The molecule has 146 valence electrons. The molecule has 1 saturated heterocycles. The monoisotopic (exact) mass is 476 g/mol. The van der Waals surface area contributed by atoms with E-state index in [0.29, 0.717) is 23.9 Å². The summed E-state index contributed by atoms with van der Waals surface area (Å²) in [5.41, 5.74) is 1.70. The molecule has 1 aliphatic heterocycles. The van der Waals surface area contributed by atoms with Crippen LogP contribution in [0.15, 0.2) is 23.2 Å². The second-order valence-electron chi connectivity index (χ2n) is 6.23. The van der Waals surface area contributed by atoms with Crippen molar-refractivity contribution in [2.75, 3.05) is 46.3 Å². The zero-order chi connectivity index (χ0) is 18.2. The molecule has 2 N–H and O–H groups in total. The summed E-state index contributed by atoms with van der Waals surface area (Å²) in [5, 5.41) is 6.15. The van der Waals surface area contributed by atoms with Crippen molar-refractivity contribution in [3.8, 4) is 5.75 Å². The van der Waals surface area contributed by atoms with Gasteiger partial charge in [-0.3, -0.25) is 9.79 Å². The minimum absolute atomic E-state index is 0. The number of hydrogen-bond donors (Lipinski definition) is 2. The van der Waals surface area contributed by atoms with E-state index in [-0.39, 0.29) is 29.9 Å². The Hall–Kier alpha value is -1.55. The summed E-state index contributed by atoms with van der Waals surface area (Å²) in [6, 6.07) is 5.73. The van der Waals surface area contributed by atoms with Gasteiger partial charge in [0.2, 0.25) is 5.91 Å². The molecule has 1 atom stereocenters. The average molecular weight is 476 g/mol. The molecule has 7 nitrogen and oxygen atoms in total. The van der Waals surface area contributed by atoms with E-state index >= 15 is 0 Å². The predicted molar refractivity (Wildman–Crippen MR) is 114 cm³/mol. The van der Waals surface area contributed by atoms with Gasteiger partial charge in [0.25, 0.3) is 0 Å². The maximum absolute atomic E-state index is 11.3. The highest BCUT2D eigenvalue weighted by Crippen LogP contribution is 2.25. The number of anilines is 1. The normalized spacial score (nSPS) is 16.6. The van der Waals surface area contributed by atoms with Crippen molar-refractivity contribution in [2.45, 2.75) is 19.9 Å². The fourth-order valence-electron chi connectivity index (χ4n) is 2.92. The molecule has 0 saturated carbocycles. The number of carbonyl (C=O) groups is 1. The Balaban J connectivity index is 0.00000338. The molecule has 0 bridgehead atoms. The molecule has 26 heavy (non-hydrogen) atoms. The van der Waals surface area contributed by atoms with Crippen LogP contribution in [0.2, 0.25) is 0 Å². The van der Waals surface area contributed by atoms with Crippen LogP contribution in [-0.4, -0.2) is 57.7 Å². The maximum Gasteiger partial charge on any atom is 0.221 e.